The van der Waals surface area contributed by atoms with Gasteiger partial charge in [0.05, 0.1) is 5.52 Å². The Morgan fingerprint density at radius 3 is 2.21 bits per heavy atom. The van der Waals surface area contributed by atoms with Gasteiger partial charge in [-0.15, -0.1) is 0 Å². The molecule has 1 saturated carbocycles. The summed E-state index contributed by atoms with van der Waals surface area (Å²) in [6.07, 6.45) is 2.28. The first-order valence-corrected chi connectivity index (χ1v) is 13.7. The zero-order chi connectivity index (χ0) is 30.0. The van der Waals surface area contributed by atoms with Crippen molar-refractivity contribution >= 4 is 34.1 Å². The zero-order valence-electron chi connectivity index (χ0n) is 23.2. The van der Waals surface area contributed by atoms with Crippen LogP contribution < -0.4 is 20.1 Å². The highest BCUT2D eigenvalue weighted by atomic mass is 19.1. The van der Waals surface area contributed by atoms with E-state index in [0.29, 0.717) is 47.5 Å². The van der Waals surface area contributed by atoms with Gasteiger partial charge in [-0.2, -0.15) is 0 Å². The Balaban J connectivity index is 1.14. The fourth-order valence-electron chi connectivity index (χ4n) is 4.73. The van der Waals surface area contributed by atoms with Gasteiger partial charge < -0.3 is 20.1 Å². The third-order valence-electron chi connectivity index (χ3n) is 7.37. The summed E-state index contributed by atoms with van der Waals surface area (Å²) in [4.78, 5) is 30.3. The molecular formula is C34H27F2N3O4. The SMILES string of the molecule is Cc1cc2c(Oc3ccc(NC(=O)C4(C(=O)Nc5ccc(F)cc5)CC4)cc3F)ccnc2cc1OCc1ccccc1. The van der Waals surface area contributed by atoms with Crippen LogP contribution in [-0.4, -0.2) is 16.8 Å². The quantitative estimate of drug-likeness (QED) is 0.176. The van der Waals surface area contributed by atoms with E-state index in [1.54, 1.807) is 12.3 Å². The number of benzene rings is 4. The Morgan fingerprint density at radius 1 is 0.814 bits per heavy atom. The number of halogens is 2. The molecule has 1 aliphatic carbocycles. The van der Waals surface area contributed by atoms with E-state index >= 15 is 4.39 Å². The van der Waals surface area contributed by atoms with E-state index in [4.69, 9.17) is 9.47 Å². The van der Waals surface area contributed by atoms with Crippen LogP contribution in [0.1, 0.15) is 24.0 Å². The highest BCUT2D eigenvalue weighted by Gasteiger charge is 2.56. The van der Waals surface area contributed by atoms with Gasteiger partial charge in [0.25, 0.3) is 0 Å². The van der Waals surface area contributed by atoms with Crippen LogP contribution >= 0.6 is 0 Å². The average Bonchev–Trinajstić information content (AvgIpc) is 3.82. The van der Waals surface area contributed by atoms with E-state index in [1.807, 2.05) is 49.4 Å². The van der Waals surface area contributed by atoms with Crippen LogP contribution in [0.25, 0.3) is 10.9 Å². The zero-order valence-corrected chi connectivity index (χ0v) is 23.2. The predicted molar refractivity (Wildman–Crippen MR) is 159 cm³/mol. The number of aryl methyl sites for hydroxylation is 1. The molecule has 1 heterocycles. The Labute approximate surface area is 246 Å². The maximum absolute atomic E-state index is 15.2. The lowest BCUT2D eigenvalue weighted by Crippen LogP contribution is -2.35. The molecule has 0 atom stereocenters. The van der Waals surface area contributed by atoms with Crippen molar-refractivity contribution in [2.24, 2.45) is 5.41 Å². The smallest absolute Gasteiger partial charge is 0.240 e. The molecule has 1 aliphatic rings. The molecule has 0 radical (unpaired) electrons. The number of amides is 2. The molecule has 2 N–H and O–H groups in total. The van der Waals surface area contributed by atoms with E-state index < -0.39 is 28.9 Å². The summed E-state index contributed by atoms with van der Waals surface area (Å²) in [5.41, 5.74) is 1.85. The van der Waals surface area contributed by atoms with Crippen LogP contribution in [0.5, 0.6) is 17.2 Å². The fraction of sp³-hybridized carbons (Fsp3) is 0.147. The minimum Gasteiger partial charge on any atom is -0.489 e. The van der Waals surface area contributed by atoms with Crippen LogP contribution in [0, 0.1) is 24.0 Å². The number of rotatable bonds is 9. The van der Waals surface area contributed by atoms with Crippen molar-refractivity contribution < 1.29 is 27.8 Å². The predicted octanol–water partition coefficient (Wildman–Crippen LogP) is 7.55. The number of fused-ring (bicyclic) bond motifs is 1. The minimum atomic E-state index is -1.27. The van der Waals surface area contributed by atoms with Crippen LogP contribution in [0.2, 0.25) is 0 Å². The van der Waals surface area contributed by atoms with Crippen molar-refractivity contribution in [2.75, 3.05) is 10.6 Å². The number of nitrogens with one attached hydrogen (secondary N) is 2. The molecule has 5 aromatic rings. The Morgan fingerprint density at radius 2 is 1.51 bits per heavy atom. The number of ether oxygens (including phenoxy) is 2. The van der Waals surface area contributed by atoms with Crippen molar-refractivity contribution in [2.45, 2.75) is 26.4 Å². The lowest BCUT2D eigenvalue weighted by atomic mass is 10.0. The van der Waals surface area contributed by atoms with E-state index in [9.17, 15) is 14.0 Å². The molecule has 1 fully saturated rings. The number of pyridine rings is 1. The van der Waals surface area contributed by atoms with Crippen LogP contribution in [-0.2, 0) is 16.2 Å². The summed E-state index contributed by atoms with van der Waals surface area (Å²) in [5, 5.41) is 5.98. The van der Waals surface area contributed by atoms with Crippen molar-refractivity contribution in [1.29, 1.82) is 0 Å². The summed E-state index contributed by atoms with van der Waals surface area (Å²) in [6.45, 7) is 2.33. The van der Waals surface area contributed by atoms with Crippen molar-refractivity contribution in [3.8, 4) is 17.2 Å². The summed E-state index contributed by atoms with van der Waals surface area (Å²) in [7, 11) is 0. The lowest BCUT2D eigenvalue weighted by Gasteiger charge is -2.16. The molecule has 0 saturated heterocycles. The number of carbonyl (C=O) groups is 2. The highest BCUT2D eigenvalue weighted by Crippen LogP contribution is 2.47. The summed E-state index contributed by atoms with van der Waals surface area (Å²) < 4.78 is 40.3. The largest absolute Gasteiger partial charge is 0.489 e. The topological polar surface area (TPSA) is 89.5 Å². The summed E-state index contributed by atoms with van der Waals surface area (Å²) >= 11 is 0. The number of aromatic nitrogens is 1. The van der Waals surface area contributed by atoms with Gasteiger partial charge in [-0.3, -0.25) is 14.6 Å². The molecular weight excluding hydrogens is 552 g/mol. The molecule has 9 heteroatoms. The standard InChI is InChI=1S/C34H27F2N3O4/c1-21-17-26-28(19-31(21)42-20-22-5-3-2-4-6-22)37-16-13-29(26)43-30-12-11-25(18-27(30)36)39-33(41)34(14-15-34)32(40)38-24-9-7-23(35)8-10-24/h2-13,16-19H,14-15,20H2,1H3,(H,38,40)(H,39,41). The number of carbonyl (C=O) groups excluding carboxylic acids is 2. The monoisotopic (exact) mass is 579 g/mol. The maximum atomic E-state index is 15.2. The number of hydrogen-bond donors (Lipinski definition) is 2. The maximum Gasteiger partial charge on any atom is 0.240 e. The Bertz CT molecular complexity index is 1820. The Kier molecular flexibility index (Phi) is 7.46. The fourth-order valence-corrected chi connectivity index (χ4v) is 4.73. The third kappa shape index (κ3) is 6.01. The lowest BCUT2D eigenvalue weighted by molar-refractivity contribution is -0.131. The molecule has 0 unspecified atom stereocenters. The summed E-state index contributed by atoms with van der Waals surface area (Å²) in [6, 6.07) is 24.5. The molecule has 7 nitrogen and oxygen atoms in total. The molecule has 0 aliphatic heterocycles. The van der Waals surface area contributed by atoms with Gasteiger partial charge in [0.15, 0.2) is 11.6 Å². The van der Waals surface area contributed by atoms with Crippen molar-refractivity contribution in [1.82, 2.24) is 4.98 Å². The van der Waals surface area contributed by atoms with E-state index in [2.05, 4.69) is 15.6 Å². The molecule has 216 valence electrons. The Hall–Kier alpha value is -5.31. The number of hydrogen-bond acceptors (Lipinski definition) is 5. The molecule has 4 aromatic carbocycles. The van der Waals surface area contributed by atoms with Gasteiger partial charge in [-0.05, 0) is 79.4 Å². The first-order valence-electron chi connectivity index (χ1n) is 13.7. The molecule has 6 rings (SSSR count). The first-order chi connectivity index (χ1) is 20.8. The van der Waals surface area contributed by atoms with E-state index in [1.165, 1.54) is 36.4 Å². The van der Waals surface area contributed by atoms with Gasteiger partial charge >= 0.3 is 0 Å². The first kappa shape index (κ1) is 27.8. The molecule has 0 bridgehead atoms. The van der Waals surface area contributed by atoms with Gasteiger partial charge in [-0.1, -0.05) is 30.3 Å². The second-order valence-corrected chi connectivity index (χ2v) is 10.5. The third-order valence-corrected chi connectivity index (χ3v) is 7.37. The molecule has 1 aromatic heterocycles. The van der Waals surface area contributed by atoms with Crippen LogP contribution in [0.15, 0.2) is 97.2 Å². The van der Waals surface area contributed by atoms with Crippen molar-refractivity contribution in [3.63, 3.8) is 0 Å². The van der Waals surface area contributed by atoms with Crippen LogP contribution in [0.3, 0.4) is 0 Å². The van der Waals surface area contributed by atoms with Crippen molar-refractivity contribution in [3.05, 3.63) is 120 Å². The number of nitrogens with zero attached hydrogens (tertiary/aromatic N) is 1. The average molecular weight is 580 g/mol. The van der Waals surface area contributed by atoms with Crippen LogP contribution in [0.4, 0.5) is 20.2 Å². The minimum absolute atomic E-state index is 0.0391. The second-order valence-electron chi connectivity index (χ2n) is 10.5. The van der Waals surface area contributed by atoms with Gasteiger partial charge in [-0.25, -0.2) is 8.78 Å². The second kappa shape index (κ2) is 11.5. The molecule has 43 heavy (non-hydrogen) atoms. The number of anilines is 2. The van der Waals surface area contributed by atoms with Gasteiger partial charge in [0.1, 0.15) is 29.3 Å². The van der Waals surface area contributed by atoms with E-state index in [0.717, 1.165) is 17.2 Å². The molecule has 0 spiro atoms. The highest BCUT2D eigenvalue weighted by molar-refractivity contribution is 6.16. The normalized spacial score (nSPS) is 13.3. The van der Waals surface area contributed by atoms with Gasteiger partial charge in [0, 0.05) is 35.1 Å². The summed E-state index contributed by atoms with van der Waals surface area (Å²) in [5.74, 6) is -1.10. The van der Waals surface area contributed by atoms with E-state index in [-0.39, 0.29) is 11.4 Å². The molecule has 2 amide bonds. The van der Waals surface area contributed by atoms with Gasteiger partial charge in [0.2, 0.25) is 11.8 Å².